The number of hydrogen-bond acceptors (Lipinski definition) is 5. The molecule has 0 amide bonds. The van der Waals surface area contributed by atoms with Gasteiger partial charge in [-0.2, -0.15) is 62.0 Å². The SMILES string of the molecule is FC(F)=C(OOCC1COc2cscc2O1)C(F)(F)C(F)(F)C(F)(F)C(F)(F)C(F)(F)F. The van der Waals surface area contributed by atoms with Crippen molar-refractivity contribution < 1.29 is 76.3 Å². The Morgan fingerprint density at radius 2 is 1.44 bits per heavy atom. The zero-order chi connectivity index (χ0) is 24.8. The molecule has 0 fully saturated rings. The van der Waals surface area contributed by atoms with Gasteiger partial charge < -0.3 is 14.4 Å². The number of rotatable bonds is 8. The van der Waals surface area contributed by atoms with Crippen LogP contribution in [0.15, 0.2) is 22.6 Å². The number of fused-ring (bicyclic) bond motifs is 1. The second kappa shape index (κ2) is 8.35. The summed E-state index contributed by atoms with van der Waals surface area (Å²) in [5, 5.41) is 2.83. The summed E-state index contributed by atoms with van der Waals surface area (Å²) in [4.78, 5) is 7.06. The minimum absolute atomic E-state index is 0.0770. The van der Waals surface area contributed by atoms with Crippen LogP contribution in [0.25, 0.3) is 0 Å². The van der Waals surface area contributed by atoms with Crippen LogP contribution in [0.4, 0.5) is 57.1 Å². The third-order valence-electron chi connectivity index (χ3n) is 3.70. The highest BCUT2D eigenvalue weighted by Crippen LogP contribution is 2.59. The first kappa shape index (κ1) is 26.1. The van der Waals surface area contributed by atoms with Gasteiger partial charge in [-0.15, -0.1) is 11.3 Å². The van der Waals surface area contributed by atoms with Crippen molar-refractivity contribution in [3.8, 4) is 11.5 Å². The maximum atomic E-state index is 13.7. The summed E-state index contributed by atoms with van der Waals surface area (Å²) < 4.78 is 178. The lowest BCUT2D eigenvalue weighted by Crippen LogP contribution is -2.66. The maximum absolute atomic E-state index is 13.7. The van der Waals surface area contributed by atoms with Gasteiger partial charge in [0.25, 0.3) is 5.76 Å². The molecule has 32 heavy (non-hydrogen) atoms. The topological polar surface area (TPSA) is 36.9 Å². The number of thiophene rings is 1. The Bertz CT molecular complexity index is 844. The fraction of sp³-hybridized carbons (Fsp3) is 0.571. The van der Waals surface area contributed by atoms with Crippen molar-refractivity contribution in [2.24, 2.45) is 0 Å². The molecule has 0 radical (unpaired) electrons. The molecule has 2 heterocycles. The summed E-state index contributed by atoms with van der Waals surface area (Å²) >= 11 is 1.08. The molecule has 184 valence electrons. The lowest BCUT2D eigenvalue weighted by atomic mass is 9.97. The first-order valence-electron chi connectivity index (χ1n) is 7.66. The molecular formula is C14H7F13O4S. The van der Waals surface area contributed by atoms with Gasteiger partial charge in [-0.3, -0.25) is 0 Å². The maximum Gasteiger partial charge on any atom is 0.460 e. The van der Waals surface area contributed by atoms with Crippen LogP contribution in [0, 0.1) is 0 Å². The summed E-state index contributed by atoms with van der Waals surface area (Å²) in [6.45, 7) is -1.53. The van der Waals surface area contributed by atoms with Crippen LogP contribution >= 0.6 is 11.3 Å². The summed E-state index contributed by atoms with van der Waals surface area (Å²) in [5.74, 6) is -33.9. The zero-order valence-electron chi connectivity index (χ0n) is 14.6. The van der Waals surface area contributed by atoms with E-state index in [1.807, 2.05) is 0 Å². The number of ether oxygens (including phenoxy) is 2. The first-order valence-corrected chi connectivity index (χ1v) is 8.61. The largest absolute Gasteiger partial charge is 0.485 e. The van der Waals surface area contributed by atoms with E-state index in [1.165, 1.54) is 10.8 Å². The van der Waals surface area contributed by atoms with Gasteiger partial charge in [0.1, 0.15) is 13.2 Å². The number of halogens is 13. The Morgan fingerprint density at radius 3 is 1.97 bits per heavy atom. The van der Waals surface area contributed by atoms with E-state index in [1.54, 1.807) is 0 Å². The molecule has 4 nitrogen and oxygen atoms in total. The number of alkyl halides is 11. The second-order valence-electron chi connectivity index (χ2n) is 5.90. The zero-order valence-corrected chi connectivity index (χ0v) is 15.4. The van der Waals surface area contributed by atoms with Crippen molar-refractivity contribution in [3.05, 3.63) is 22.6 Å². The molecule has 1 atom stereocenters. The fourth-order valence-electron chi connectivity index (χ4n) is 2.03. The molecule has 1 aromatic heterocycles. The molecule has 2 rings (SSSR count). The van der Waals surface area contributed by atoms with E-state index in [9.17, 15) is 57.1 Å². The predicted octanol–water partition coefficient (Wildman–Crippen LogP) is 6.05. The molecule has 0 bridgehead atoms. The second-order valence-corrected chi connectivity index (χ2v) is 6.65. The van der Waals surface area contributed by atoms with Crippen LogP contribution in [0.5, 0.6) is 11.5 Å². The molecule has 0 aromatic carbocycles. The Morgan fingerprint density at radius 1 is 0.875 bits per heavy atom. The van der Waals surface area contributed by atoms with Crippen molar-refractivity contribution in [1.82, 2.24) is 0 Å². The molecule has 0 saturated carbocycles. The van der Waals surface area contributed by atoms with Crippen molar-refractivity contribution in [2.75, 3.05) is 13.2 Å². The van der Waals surface area contributed by atoms with Gasteiger partial charge in [0.05, 0.1) is 0 Å². The average molecular weight is 518 g/mol. The van der Waals surface area contributed by atoms with E-state index in [2.05, 4.69) is 9.78 Å². The Kier molecular flexibility index (Phi) is 6.82. The van der Waals surface area contributed by atoms with Crippen molar-refractivity contribution in [2.45, 2.75) is 36.0 Å². The Hall–Kier alpha value is -2.11. The van der Waals surface area contributed by atoms with Crippen LogP contribution in [0.2, 0.25) is 0 Å². The van der Waals surface area contributed by atoms with E-state index in [0.717, 1.165) is 11.3 Å². The van der Waals surface area contributed by atoms with Crippen LogP contribution in [-0.4, -0.2) is 49.2 Å². The summed E-state index contributed by atoms with van der Waals surface area (Å²) in [6.07, 6.45) is -12.7. The molecule has 0 aliphatic carbocycles. The first-order chi connectivity index (χ1) is 14.4. The van der Waals surface area contributed by atoms with E-state index in [0.29, 0.717) is 0 Å². The quantitative estimate of drug-likeness (QED) is 0.182. The van der Waals surface area contributed by atoms with Crippen molar-refractivity contribution in [1.29, 1.82) is 0 Å². The number of allylic oxidation sites excluding steroid dienone is 1. The minimum atomic E-state index is -7.89. The lowest BCUT2D eigenvalue weighted by molar-refractivity contribution is -0.426. The molecule has 0 N–H and O–H groups in total. The van der Waals surface area contributed by atoms with Crippen LogP contribution in [0.3, 0.4) is 0 Å². The van der Waals surface area contributed by atoms with Gasteiger partial charge in [0.15, 0.2) is 17.6 Å². The molecule has 1 aliphatic heterocycles. The third-order valence-corrected chi connectivity index (χ3v) is 4.40. The van der Waals surface area contributed by atoms with Crippen molar-refractivity contribution >= 4 is 11.3 Å². The van der Waals surface area contributed by atoms with Crippen molar-refractivity contribution in [3.63, 3.8) is 0 Å². The highest BCUT2D eigenvalue weighted by molar-refractivity contribution is 7.08. The molecule has 1 aromatic rings. The van der Waals surface area contributed by atoms with Gasteiger partial charge in [-0.25, -0.2) is 0 Å². The van der Waals surface area contributed by atoms with Crippen LogP contribution in [-0.2, 0) is 9.78 Å². The van der Waals surface area contributed by atoms with Gasteiger partial charge in [-0.05, 0) is 0 Å². The highest BCUT2D eigenvalue weighted by atomic mass is 32.1. The Labute approximate surface area is 172 Å². The Balaban J connectivity index is 2.20. The van der Waals surface area contributed by atoms with E-state index < -0.39 is 61.0 Å². The highest BCUT2D eigenvalue weighted by Gasteiger charge is 2.88. The molecule has 0 spiro atoms. The van der Waals surface area contributed by atoms with Gasteiger partial charge in [0.2, 0.25) is 0 Å². The summed E-state index contributed by atoms with van der Waals surface area (Å²) in [6, 6.07) is 0. The molecule has 18 heteroatoms. The normalized spacial score (nSPS) is 17.8. The smallest absolute Gasteiger partial charge is 0.460 e. The fourth-order valence-corrected chi connectivity index (χ4v) is 2.70. The standard InChI is InChI=1S/C14H7F13O4S/c15-9(16)8(31-29-2-5-1-28-6-3-32-4-7(6)30-5)10(17,18)11(19,20)12(21,22)13(23,24)14(25,26)27/h3-5H,1-2H2. The van der Waals surface area contributed by atoms with E-state index >= 15 is 0 Å². The summed E-state index contributed by atoms with van der Waals surface area (Å²) in [7, 11) is 0. The third kappa shape index (κ3) is 4.25. The minimum Gasteiger partial charge on any atom is -0.485 e. The lowest BCUT2D eigenvalue weighted by Gasteiger charge is -2.37. The molecule has 0 saturated heterocycles. The van der Waals surface area contributed by atoms with Crippen LogP contribution in [0.1, 0.15) is 0 Å². The number of hydrogen-bond donors (Lipinski definition) is 0. The predicted molar refractivity (Wildman–Crippen MR) is 76.4 cm³/mol. The summed E-state index contributed by atoms with van der Waals surface area (Å²) in [5.41, 5.74) is 0. The van der Waals surface area contributed by atoms with Gasteiger partial charge >= 0.3 is 35.9 Å². The van der Waals surface area contributed by atoms with Crippen LogP contribution < -0.4 is 9.47 Å². The average Bonchev–Trinajstić information content (AvgIpc) is 3.11. The van der Waals surface area contributed by atoms with Gasteiger partial charge in [-0.1, -0.05) is 0 Å². The van der Waals surface area contributed by atoms with E-state index in [4.69, 9.17) is 9.47 Å². The molecule has 1 aliphatic rings. The van der Waals surface area contributed by atoms with E-state index in [-0.39, 0.29) is 11.5 Å². The monoisotopic (exact) mass is 518 g/mol. The molecule has 1 unspecified atom stereocenters. The molecular weight excluding hydrogens is 511 g/mol. The van der Waals surface area contributed by atoms with Gasteiger partial charge in [0, 0.05) is 10.8 Å².